The Morgan fingerprint density at radius 1 is 1.26 bits per heavy atom. The number of halogens is 3. The van der Waals surface area contributed by atoms with Crippen LogP contribution in [0.4, 0.5) is 13.2 Å². The minimum Gasteiger partial charge on any atom is -0.480 e. The number of nitrogens with one attached hydrogen (secondary N) is 1. The van der Waals surface area contributed by atoms with E-state index < -0.39 is 42.9 Å². The quantitative estimate of drug-likeness (QED) is 0.676. The SMILES string of the molecule is COC(=O)CCC(NC(=O)CCC(F)(F)F)C(=O)O. The number of carbonyl (C=O) groups is 3. The zero-order valence-electron chi connectivity index (χ0n) is 10.1. The fourth-order valence-corrected chi connectivity index (χ4v) is 1.14. The Kier molecular flexibility index (Phi) is 6.87. The molecule has 0 aromatic heterocycles. The van der Waals surface area contributed by atoms with Gasteiger partial charge in [-0.25, -0.2) is 4.79 Å². The van der Waals surface area contributed by atoms with Gasteiger partial charge in [-0.1, -0.05) is 0 Å². The first-order chi connectivity index (χ1) is 8.65. The van der Waals surface area contributed by atoms with E-state index >= 15 is 0 Å². The number of hydrogen-bond acceptors (Lipinski definition) is 4. The number of hydrogen-bond donors (Lipinski definition) is 2. The van der Waals surface area contributed by atoms with E-state index in [1.807, 2.05) is 5.32 Å². The minimum absolute atomic E-state index is 0.250. The molecule has 0 aliphatic carbocycles. The standard InChI is InChI=1S/C10H14F3NO5/c1-19-8(16)3-2-6(9(17)18)14-7(15)4-5-10(11,12)13/h6H,2-5H2,1H3,(H,14,15)(H,17,18). The summed E-state index contributed by atoms with van der Waals surface area (Å²) in [5, 5.41) is 10.7. The van der Waals surface area contributed by atoms with E-state index in [0.717, 1.165) is 7.11 Å². The molecule has 19 heavy (non-hydrogen) atoms. The van der Waals surface area contributed by atoms with Crippen molar-refractivity contribution >= 4 is 17.8 Å². The zero-order chi connectivity index (χ0) is 15.1. The van der Waals surface area contributed by atoms with Crippen LogP contribution in [0, 0.1) is 0 Å². The Morgan fingerprint density at radius 2 is 1.84 bits per heavy atom. The Morgan fingerprint density at radius 3 is 2.26 bits per heavy atom. The minimum atomic E-state index is -4.48. The van der Waals surface area contributed by atoms with Gasteiger partial charge in [0.2, 0.25) is 5.91 Å². The molecular formula is C10H14F3NO5. The molecule has 0 rings (SSSR count). The number of esters is 1. The summed E-state index contributed by atoms with van der Waals surface area (Å²) in [5.41, 5.74) is 0. The molecule has 1 unspecified atom stereocenters. The maximum Gasteiger partial charge on any atom is 0.389 e. The molecule has 1 amide bonds. The van der Waals surface area contributed by atoms with E-state index in [1.165, 1.54) is 0 Å². The molecule has 110 valence electrons. The summed E-state index contributed by atoms with van der Waals surface area (Å²) >= 11 is 0. The lowest BCUT2D eigenvalue weighted by Crippen LogP contribution is -2.41. The van der Waals surface area contributed by atoms with E-state index in [1.54, 1.807) is 0 Å². The average Bonchev–Trinajstić information content (AvgIpc) is 2.30. The molecule has 9 heteroatoms. The molecule has 0 radical (unpaired) electrons. The number of amides is 1. The van der Waals surface area contributed by atoms with Gasteiger partial charge in [0.15, 0.2) is 0 Å². The summed E-state index contributed by atoms with van der Waals surface area (Å²) in [6, 6.07) is -1.42. The second kappa shape index (κ2) is 7.59. The number of alkyl halides is 3. The molecule has 1 atom stereocenters. The van der Waals surface area contributed by atoms with Gasteiger partial charge < -0.3 is 15.2 Å². The molecule has 0 aromatic carbocycles. The normalized spacial score (nSPS) is 12.6. The van der Waals surface area contributed by atoms with Crippen LogP contribution in [-0.2, 0) is 19.1 Å². The molecule has 0 aromatic rings. The number of rotatable bonds is 7. The van der Waals surface area contributed by atoms with Crippen molar-refractivity contribution in [2.45, 2.75) is 37.9 Å². The van der Waals surface area contributed by atoms with Crippen molar-refractivity contribution < 1.29 is 37.4 Å². The number of aliphatic carboxylic acids is 1. The highest BCUT2D eigenvalue weighted by atomic mass is 19.4. The topological polar surface area (TPSA) is 92.7 Å². The van der Waals surface area contributed by atoms with Gasteiger partial charge in [0.25, 0.3) is 0 Å². The van der Waals surface area contributed by atoms with Crippen molar-refractivity contribution in [2.24, 2.45) is 0 Å². The Balaban J connectivity index is 4.23. The summed E-state index contributed by atoms with van der Waals surface area (Å²) < 4.78 is 39.8. The van der Waals surface area contributed by atoms with E-state index in [0.29, 0.717) is 0 Å². The van der Waals surface area contributed by atoms with Gasteiger partial charge >= 0.3 is 18.1 Å². The Labute approximate surface area is 106 Å². The summed E-state index contributed by atoms with van der Waals surface area (Å²) in [7, 11) is 1.11. The number of carboxylic acids is 1. The predicted molar refractivity (Wildman–Crippen MR) is 56.1 cm³/mol. The monoisotopic (exact) mass is 285 g/mol. The van der Waals surface area contributed by atoms with Crippen LogP contribution < -0.4 is 5.32 Å². The number of carbonyl (C=O) groups excluding carboxylic acids is 2. The number of carboxylic acid groups (broad SMARTS) is 1. The van der Waals surface area contributed by atoms with E-state index in [4.69, 9.17) is 5.11 Å². The second-order valence-electron chi connectivity index (χ2n) is 3.69. The van der Waals surface area contributed by atoms with Gasteiger partial charge in [0, 0.05) is 12.8 Å². The molecule has 0 bridgehead atoms. The third kappa shape index (κ3) is 8.86. The summed E-state index contributed by atoms with van der Waals surface area (Å²) in [6.45, 7) is 0. The van der Waals surface area contributed by atoms with Crippen molar-refractivity contribution in [3.8, 4) is 0 Å². The highest BCUT2D eigenvalue weighted by Crippen LogP contribution is 2.21. The summed E-state index contributed by atoms with van der Waals surface area (Å²) in [6.07, 6.45) is -7.18. The van der Waals surface area contributed by atoms with Crippen LogP contribution in [-0.4, -0.2) is 42.3 Å². The second-order valence-corrected chi connectivity index (χ2v) is 3.69. The first kappa shape index (κ1) is 17.2. The number of ether oxygens (including phenoxy) is 1. The van der Waals surface area contributed by atoms with Gasteiger partial charge in [-0.15, -0.1) is 0 Å². The number of methoxy groups -OCH3 is 1. The molecular weight excluding hydrogens is 271 g/mol. The van der Waals surface area contributed by atoms with Gasteiger partial charge in [-0.2, -0.15) is 13.2 Å². The largest absolute Gasteiger partial charge is 0.480 e. The van der Waals surface area contributed by atoms with Crippen molar-refractivity contribution in [2.75, 3.05) is 7.11 Å². The lowest BCUT2D eigenvalue weighted by molar-refractivity contribution is -0.147. The van der Waals surface area contributed by atoms with Gasteiger partial charge in [0.1, 0.15) is 6.04 Å². The van der Waals surface area contributed by atoms with Crippen molar-refractivity contribution in [1.82, 2.24) is 5.32 Å². The molecule has 0 aliphatic heterocycles. The van der Waals surface area contributed by atoms with E-state index in [9.17, 15) is 27.6 Å². The maximum absolute atomic E-state index is 11.9. The third-order valence-corrected chi connectivity index (χ3v) is 2.13. The van der Waals surface area contributed by atoms with Crippen molar-refractivity contribution in [3.63, 3.8) is 0 Å². The molecule has 0 fully saturated rings. The van der Waals surface area contributed by atoms with Crippen molar-refractivity contribution in [1.29, 1.82) is 0 Å². The Hall–Kier alpha value is -1.80. The molecule has 0 heterocycles. The predicted octanol–water partition coefficient (Wildman–Crippen LogP) is 0.851. The third-order valence-electron chi connectivity index (χ3n) is 2.13. The van der Waals surface area contributed by atoms with Gasteiger partial charge in [-0.05, 0) is 6.42 Å². The smallest absolute Gasteiger partial charge is 0.389 e. The fraction of sp³-hybridized carbons (Fsp3) is 0.700. The van der Waals surface area contributed by atoms with Gasteiger partial charge in [0.05, 0.1) is 13.5 Å². The van der Waals surface area contributed by atoms with Crippen LogP contribution >= 0.6 is 0 Å². The van der Waals surface area contributed by atoms with Gasteiger partial charge in [-0.3, -0.25) is 9.59 Å². The van der Waals surface area contributed by atoms with Crippen LogP contribution in [0.5, 0.6) is 0 Å². The first-order valence-electron chi connectivity index (χ1n) is 5.31. The molecule has 0 aliphatic rings. The molecule has 0 saturated carbocycles. The highest BCUT2D eigenvalue weighted by Gasteiger charge is 2.29. The first-order valence-corrected chi connectivity index (χ1v) is 5.31. The zero-order valence-corrected chi connectivity index (χ0v) is 10.1. The average molecular weight is 285 g/mol. The molecule has 0 saturated heterocycles. The van der Waals surface area contributed by atoms with Crippen LogP contribution in [0.2, 0.25) is 0 Å². The lowest BCUT2D eigenvalue weighted by atomic mass is 10.1. The summed E-state index contributed by atoms with van der Waals surface area (Å²) in [5.74, 6) is -3.13. The maximum atomic E-state index is 11.9. The van der Waals surface area contributed by atoms with E-state index in [2.05, 4.69) is 4.74 Å². The van der Waals surface area contributed by atoms with Crippen LogP contribution in [0.3, 0.4) is 0 Å². The van der Waals surface area contributed by atoms with Crippen molar-refractivity contribution in [3.05, 3.63) is 0 Å². The van der Waals surface area contributed by atoms with Crippen LogP contribution in [0.15, 0.2) is 0 Å². The lowest BCUT2D eigenvalue weighted by Gasteiger charge is -2.14. The summed E-state index contributed by atoms with van der Waals surface area (Å²) in [4.78, 5) is 32.7. The van der Waals surface area contributed by atoms with E-state index in [-0.39, 0.29) is 12.8 Å². The molecule has 6 nitrogen and oxygen atoms in total. The Bertz CT molecular complexity index is 343. The molecule has 2 N–H and O–H groups in total. The highest BCUT2D eigenvalue weighted by molar-refractivity contribution is 5.84. The molecule has 0 spiro atoms. The van der Waals surface area contributed by atoms with Crippen LogP contribution in [0.1, 0.15) is 25.7 Å². The fourth-order valence-electron chi connectivity index (χ4n) is 1.14. The van der Waals surface area contributed by atoms with Crippen LogP contribution in [0.25, 0.3) is 0 Å².